The van der Waals surface area contributed by atoms with E-state index in [1.807, 2.05) is 56.3 Å². The Morgan fingerprint density at radius 2 is 1.74 bits per heavy atom. The predicted molar refractivity (Wildman–Crippen MR) is 232 cm³/mol. The van der Waals surface area contributed by atoms with Crippen molar-refractivity contribution in [2.24, 2.45) is 22.9 Å². The first-order valence-electron chi connectivity index (χ1n) is 20.9. The highest BCUT2D eigenvalue weighted by molar-refractivity contribution is 6.31. The van der Waals surface area contributed by atoms with E-state index in [4.69, 9.17) is 31.3 Å². The number of aromatic amines is 1. The lowest BCUT2D eigenvalue weighted by Gasteiger charge is -2.40. The van der Waals surface area contributed by atoms with Gasteiger partial charge in [0.25, 0.3) is 5.91 Å². The van der Waals surface area contributed by atoms with Gasteiger partial charge in [-0.2, -0.15) is 0 Å². The number of aromatic nitrogens is 1. The van der Waals surface area contributed by atoms with Crippen LogP contribution in [0.15, 0.2) is 78.0 Å². The van der Waals surface area contributed by atoms with E-state index >= 15 is 0 Å². The maximum atomic E-state index is 14.7. The molecule has 1 aromatic heterocycles. The van der Waals surface area contributed by atoms with E-state index in [1.165, 1.54) is 7.11 Å². The standard InChI is InChI=1S/C45H55ClN8O7/c1-28(2)61-39-16-13-31(19-40(39)59-4)45(58)54-24-33-23-53(41(55)20-32-22-49-38-21-34(46)14-15-35(32)38)26-37(36(33)25-54)43(56)51-42(29(3)60-27-30-11-7-5-8-12-30)44(57)48-17-9-6-10-18-50-52-47/h5,7-8,11-16,19,21-22,28-29,33,36-37,42,49H,6,9-10,17-18,20,23-27H2,1-4H3,(H,48,57)(H,51,56)/t29-,33?,36?,37?,42-/m0/s1. The van der Waals surface area contributed by atoms with Gasteiger partial charge in [-0.15, -0.1) is 0 Å². The molecule has 16 heteroatoms. The fraction of sp³-hybridized carbons (Fsp3) is 0.467. The normalized spacial score (nSPS) is 18.2. The van der Waals surface area contributed by atoms with Crippen molar-refractivity contribution in [3.8, 4) is 11.5 Å². The zero-order valence-corrected chi connectivity index (χ0v) is 35.9. The van der Waals surface area contributed by atoms with Gasteiger partial charge in [-0.1, -0.05) is 59.5 Å². The second-order valence-electron chi connectivity index (χ2n) is 16.0. The zero-order valence-electron chi connectivity index (χ0n) is 35.1. The first-order valence-corrected chi connectivity index (χ1v) is 21.2. The summed E-state index contributed by atoms with van der Waals surface area (Å²) < 4.78 is 17.6. The van der Waals surface area contributed by atoms with Gasteiger partial charge < -0.3 is 39.6 Å². The van der Waals surface area contributed by atoms with E-state index in [1.54, 1.807) is 47.2 Å². The molecule has 5 atom stereocenters. The van der Waals surface area contributed by atoms with E-state index in [0.717, 1.165) is 28.5 Å². The van der Waals surface area contributed by atoms with E-state index in [9.17, 15) is 19.2 Å². The zero-order chi connectivity index (χ0) is 43.5. The molecule has 2 saturated heterocycles. The molecule has 2 aliphatic rings. The number of hydrogen-bond acceptors (Lipinski definition) is 8. The number of nitrogens with one attached hydrogen (secondary N) is 3. The van der Waals surface area contributed by atoms with Crippen LogP contribution in [0.25, 0.3) is 21.3 Å². The van der Waals surface area contributed by atoms with Crippen molar-refractivity contribution in [3.63, 3.8) is 0 Å². The molecule has 6 rings (SSSR count). The van der Waals surface area contributed by atoms with Gasteiger partial charge in [0.1, 0.15) is 6.04 Å². The lowest BCUT2D eigenvalue weighted by molar-refractivity contribution is -0.141. The van der Waals surface area contributed by atoms with Crippen molar-refractivity contribution in [1.82, 2.24) is 25.4 Å². The molecule has 4 aromatic rings. The Morgan fingerprint density at radius 1 is 0.951 bits per heavy atom. The Hall–Kier alpha value is -5.76. The molecule has 0 aliphatic carbocycles. The number of rotatable bonds is 19. The molecule has 0 spiro atoms. The van der Waals surface area contributed by atoms with Crippen molar-refractivity contribution >= 4 is 46.1 Å². The molecular weight excluding hydrogens is 800 g/mol. The molecule has 4 amide bonds. The van der Waals surface area contributed by atoms with E-state index in [0.29, 0.717) is 61.1 Å². The second-order valence-corrected chi connectivity index (χ2v) is 16.5. The molecule has 0 bridgehead atoms. The summed E-state index contributed by atoms with van der Waals surface area (Å²) in [5.74, 6) is -1.46. The quantitative estimate of drug-likeness (QED) is 0.0405. The van der Waals surface area contributed by atoms with Crippen molar-refractivity contribution in [3.05, 3.63) is 105 Å². The number of hydrogen-bond donors (Lipinski definition) is 3. The van der Waals surface area contributed by atoms with Crippen LogP contribution in [0.3, 0.4) is 0 Å². The first-order chi connectivity index (χ1) is 29.4. The molecular formula is C45H55ClN8O7. The Kier molecular flexibility index (Phi) is 15.5. The second kappa shape index (κ2) is 21.2. The molecule has 3 aromatic carbocycles. The molecule has 3 heterocycles. The average Bonchev–Trinajstić information content (AvgIpc) is 3.87. The van der Waals surface area contributed by atoms with Gasteiger partial charge >= 0.3 is 0 Å². The van der Waals surface area contributed by atoms with Crippen molar-refractivity contribution in [2.45, 2.75) is 71.3 Å². The molecule has 0 radical (unpaired) electrons. The van der Waals surface area contributed by atoms with Gasteiger partial charge in [-0.3, -0.25) is 19.2 Å². The van der Waals surface area contributed by atoms with Crippen LogP contribution in [-0.4, -0.2) is 103 Å². The Morgan fingerprint density at radius 3 is 2.49 bits per heavy atom. The lowest BCUT2D eigenvalue weighted by Crippen LogP contribution is -2.58. The predicted octanol–water partition coefficient (Wildman–Crippen LogP) is 6.69. The molecule has 15 nitrogen and oxygen atoms in total. The number of unbranched alkanes of at least 4 members (excludes halogenated alkanes) is 2. The third-order valence-corrected chi connectivity index (χ3v) is 11.6. The van der Waals surface area contributed by atoms with Crippen molar-refractivity contribution < 1.29 is 33.4 Å². The van der Waals surface area contributed by atoms with Gasteiger partial charge in [-0.05, 0) is 92.4 Å². The Labute approximate surface area is 361 Å². The summed E-state index contributed by atoms with van der Waals surface area (Å²) in [7, 11) is 1.52. The largest absolute Gasteiger partial charge is 0.493 e. The van der Waals surface area contributed by atoms with Gasteiger partial charge in [0, 0.05) is 71.9 Å². The van der Waals surface area contributed by atoms with Crippen LogP contribution < -0.4 is 20.1 Å². The number of carbonyl (C=O) groups is 4. The van der Waals surface area contributed by atoms with Gasteiger partial charge in [0.05, 0.1) is 38.3 Å². The summed E-state index contributed by atoms with van der Waals surface area (Å²) in [5, 5.41) is 11.0. The fourth-order valence-corrected chi connectivity index (χ4v) is 8.41. The number of nitrogens with zero attached hydrogens (tertiary/aromatic N) is 5. The summed E-state index contributed by atoms with van der Waals surface area (Å²) in [6.45, 7) is 7.61. The number of azide groups is 1. The summed E-state index contributed by atoms with van der Waals surface area (Å²) in [4.78, 5) is 66.3. The number of piperidine rings is 1. The monoisotopic (exact) mass is 854 g/mol. The molecule has 61 heavy (non-hydrogen) atoms. The molecule has 3 unspecified atom stereocenters. The van der Waals surface area contributed by atoms with E-state index in [2.05, 4.69) is 25.6 Å². The van der Waals surface area contributed by atoms with Crippen molar-refractivity contribution in [1.29, 1.82) is 0 Å². The third-order valence-electron chi connectivity index (χ3n) is 11.4. The maximum Gasteiger partial charge on any atom is 0.254 e. The van der Waals surface area contributed by atoms with Crippen LogP contribution in [0, 0.1) is 17.8 Å². The van der Waals surface area contributed by atoms with Crippen LogP contribution >= 0.6 is 11.6 Å². The number of halogens is 1. The first kappa shape index (κ1) is 44.8. The molecule has 3 N–H and O–H groups in total. The highest BCUT2D eigenvalue weighted by Crippen LogP contribution is 2.38. The van der Waals surface area contributed by atoms with Crippen LogP contribution in [-0.2, 0) is 32.1 Å². The number of methoxy groups -OCH3 is 1. The van der Waals surface area contributed by atoms with Crippen molar-refractivity contribution in [2.75, 3.05) is 46.4 Å². The van der Waals surface area contributed by atoms with Crippen LogP contribution in [0.5, 0.6) is 11.5 Å². The third kappa shape index (κ3) is 11.5. The summed E-state index contributed by atoms with van der Waals surface area (Å²) in [6, 6.07) is 19.1. The summed E-state index contributed by atoms with van der Waals surface area (Å²) >= 11 is 6.22. The number of benzene rings is 3. The Balaban J connectivity index is 1.23. The maximum absolute atomic E-state index is 14.7. The SMILES string of the molecule is COc1cc(C(=O)N2CC3CN(C(=O)Cc4c[nH]c5cc(Cl)ccc45)CC(C(=O)N[C@H](C(=O)NCCCCCN=[N+]=[N-])[C@H](C)OCc4ccccc4)C3C2)ccc1OC(C)C. The van der Waals surface area contributed by atoms with Gasteiger partial charge in [-0.25, -0.2) is 0 Å². The van der Waals surface area contributed by atoms with Gasteiger partial charge in [0.15, 0.2) is 11.5 Å². The van der Waals surface area contributed by atoms with Crippen LogP contribution in [0.1, 0.15) is 61.5 Å². The number of amides is 4. The topological polar surface area (TPSA) is 191 Å². The highest BCUT2D eigenvalue weighted by Gasteiger charge is 2.48. The minimum absolute atomic E-state index is 0.0918. The molecule has 324 valence electrons. The number of ether oxygens (including phenoxy) is 3. The van der Waals surface area contributed by atoms with E-state index in [-0.39, 0.29) is 55.9 Å². The van der Waals surface area contributed by atoms with Crippen LogP contribution in [0.4, 0.5) is 0 Å². The smallest absolute Gasteiger partial charge is 0.254 e. The summed E-state index contributed by atoms with van der Waals surface area (Å²) in [6.07, 6.45) is 3.18. The lowest BCUT2D eigenvalue weighted by atomic mass is 9.79. The molecule has 2 aliphatic heterocycles. The highest BCUT2D eigenvalue weighted by atomic mass is 35.5. The summed E-state index contributed by atoms with van der Waals surface area (Å²) in [5.41, 5.74) is 11.5. The van der Waals surface area contributed by atoms with Crippen LogP contribution in [0.2, 0.25) is 5.02 Å². The minimum atomic E-state index is -1.06. The fourth-order valence-electron chi connectivity index (χ4n) is 8.24. The number of carbonyl (C=O) groups excluding carboxylic acids is 4. The number of fused-ring (bicyclic) bond motifs is 2. The van der Waals surface area contributed by atoms with E-state index < -0.39 is 29.9 Å². The minimum Gasteiger partial charge on any atom is -0.493 e. The number of likely N-dealkylation sites (tertiary alicyclic amines) is 2. The Bertz CT molecular complexity index is 2210. The molecule has 0 saturated carbocycles. The average molecular weight is 855 g/mol. The van der Waals surface area contributed by atoms with Gasteiger partial charge in [0.2, 0.25) is 17.7 Å². The number of H-pyrrole nitrogens is 1. The molecule has 2 fully saturated rings.